The highest BCUT2D eigenvalue weighted by Crippen LogP contribution is 2.24. The summed E-state index contributed by atoms with van der Waals surface area (Å²) in [5, 5.41) is 1.36. The minimum atomic E-state index is -0.953. The minimum Gasteiger partial charge on any atom is -0.453 e. The third-order valence-corrected chi connectivity index (χ3v) is 2.60. The lowest BCUT2D eigenvalue weighted by Crippen LogP contribution is -2.24. The first-order valence-electron chi connectivity index (χ1n) is 4.94. The third kappa shape index (κ3) is 2.34. The van der Waals surface area contributed by atoms with Crippen LogP contribution in [0.2, 0.25) is 5.02 Å². The van der Waals surface area contributed by atoms with Gasteiger partial charge < -0.3 is 13.9 Å². The molecule has 0 saturated heterocycles. The van der Waals surface area contributed by atoms with E-state index in [1.165, 1.54) is 14.2 Å². The van der Waals surface area contributed by atoms with Gasteiger partial charge in [-0.1, -0.05) is 11.6 Å². The number of hydrogen-bond acceptors (Lipinski definition) is 4. The van der Waals surface area contributed by atoms with Gasteiger partial charge in [0.2, 0.25) is 6.29 Å². The number of hydrogen-bond donors (Lipinski definition) is 0. The van der Waals surface area contributed by atoms with Crippen molar-refractivity contribution in [3.05, 3.63) is 35.0 Å². The van der Waals surface area contributed by atoms with Crippen LogP contribution in [0.25, 0.3) is 11.0 Å². The summed E-state index contributed by atoms with van der Waals surface area (Å²) in [5.41, 5.74) is 0.601. The van der Waals surface area contributed by atoms with Gasteiger partial charge in [0.15, 0.2) is 5.76 Å². The molecule has 1 aromatic carbocycles. The minimum absolute atomic E-state index is 0.191. The Kier molecular flexibility index (Phi) is 3.47. The van der Waals surface area contributed by atoms with Crippen LogP contribution in [0.1, 0.15) is 10.6 Å². The molecule has 0 N–H and O–H groups in total. The molecule has 2 rings (SSSR count). The maximum absolute atomic E-state index is 11.9. The van der Waals surface area contributed by atoms with Crippen LogP contribution in [0.3, 0.4) is 0 Å². The summed E-state index contributed by atoms with van der Waals surface area (Å²) in [7, 11) is 2.79. The lowest BCUT2D eigenvalue weighted by Gasteiger charge is -2.09. The predicted octanol–water partition coefficient (Wildman–Crippen LogP) is 2.89. The van der Waals surface area contributed by atoms with E-state index in [2.05, 4.69) is 0 Å². The van der Waals surface area contributed by atoms with Gasteiger partial charge in [-0.15, -0.1) is 0 Å². The number of benzene rings is 1. The molecule has 0 unspecified atom stereocenters. The summed E-state index contributed by atoms with van der Waals surface area (Å²) in [4.78, 5) is 11.9. The second kappa shape index (κ2) is 4.87. The van der Waals surface area contributed by atoms with Crippen LogP contribution in [0, 0.1) is 0 Å². The summed E-state index contributed by atoms with van der Waals surface area (Å²) in [6.45, 7) is 0. The fourth-order valence-corrected chi connectivity index (χ4v) is 1.74. The van der Waals surface area contributed by atoms with Crippen molar-refractivity contribution in [3.8, 4) is 0 Å². The monoisotopic (exact) mass is 254 g/mol. The molecule has 2 aromatic rings. The van der Waals surface area contributed by atoms with Crippen LogP contribution < -0.4 is 0 Å². The summed E-state index contributed by atoms with van der Waals surface area (Å²) >= 11 is 5.85. The zero-order valence-electron chi connectivity index (χ0n) is 9.40. The van der Waals surface area contributed by atoms with Crippen LogP contribution in [0.5, 0.6) is 0 Å². The molecule has 17 heavy (non-hydrogen) atoms. The Labute approximate surface area is 103 Å². The molecule has 0 aliphatic rings. The lowest BCUT2D eigenvalue weighted by molar-refractivity contribution is -0.0752. The molecule has 90 valence electrons. The first-order valence-corrected chi connectivity index (χ1v) is 5.32. The highest BCUT2D eigenvalue weighted by atomic mass is 35.5. The predicted molar refractivity (Wildman–Crippen MR) is 63.4 cm³/mol. The Morgan fingerprint density at radius 2 is 2.00 bits per heavy atom. The fourth-order valence-electron chi connectivity index (χ4n) is 1.56. The standard InChI is InChI=1S/C12H11ClO4/c1-15-12(16-2)11(14)10-6-7-5-8(13)3-4-9(7)17-10/h3-6,12H,1-2H3. The van der Waals surface area contributed by atoms with Crippen molar-refractivity contribution in [1.29, 1.82) is 0 Å². The molecular formula is C12H11ClO4. The second-order valence-electron chi connectivity index (χ2n) is 3.46. The molecule has 0 radical (unpaired) electrons. The average molecular weight is 255 g/mol. The van der Waals surface area contributed by atoms with Crippen LogP contribution in [-0.2, 0) is 9.47 Å². The number of furan rings is 1. The molecule has 0 spiro atoms. The topological polar surface area (TPSA) is 48.7 Å². The van der Waals surface area contributed by atoms with Crippen molar-refractivity contribution in [2.24, 2.45) is 0 Å². The van der Waals surface area contributed by atoms with E-state index in [0.717, 1.165) is 5.39 Å². The van der Waals surface area contributed by atoms with Gasteiger partial charge in [-0.25, -0.2) is 0 Å². The number of ether oxygens (including phenoxy) is 2. The number of methoxy groups -OCH3 is 2. The van der Waals surface area contributed by atoms with Gasteiger partial charge >= 0.3 is 0 Å². The van der Waals surface area contributed by atoms with Crippen LogP contribution in [-0.4, -0.2) is 26.3 Å². The van der Waals surface area contributed by atoms with Crippen molar-refractivity contribution < 1.29 is 18.7 Å². The Morgan fingerprint density at radius 3 is 2.65 bits per heavy atom. The maximum Gasteiger partial charge on any atom is 0.253 e. The van der Waals surface area contributed by atoms with Gasteiger partial charge in [-0.3, -0.25) is 4.79 Å². The number of ketones is 1. The van der Waals surface area contributed by atoms with Gasteiger partial charge in [0.25, 0.3) is 5.78 Å². The summed E-state index contributed by atoms with van der Waals surface area (Å²) < 4.78 is 15.2. The molecule has 4 nitrogen and oxygen atoms in total. The molecule has 5 heteroatoms. The summed E-state index contributed by atoms with van der Waals surface area (Å²) in [6, 6.07) is 6.76. The average Bonchev–Trinajstić information content (AvgIpc) is 2.73. The van der Waals surface area contributed by atoms with Crippen molar-refractivity contribution in [3.63, 3.8) is 0 Å². The van der Waals surface area contributed by atoms with Crippen molar-refractivity contribution in [1.82, 2.24) is 0 Å². The van der Waals surface area contributed by atoms with Crippen molar-refractivity contribution in [2.75, 3.05) is 14.2 Å². The number of carbonyl (C=O) groups excluding carboxylic acids is 1. The van der Waals surface area contributed by atoms with Gasteiger partial charge in [0, 0.05) is 24.6 Å². The number of halogens is 1. The van der Waals surface area contributed by atoms with E-state index in [9.17, 15) is 4.79 Å². The van der Waals surface area contributed by atoms with E-state index in [1.54, 1.807) is 24.3 Å². The van der Waals surface area contributed by atoms with E-state index < -0.39 is 6.29 Å². The van der Waals surface area contributed by atoms with E-state index in [1.807, 2.05) is 0 Å². The molecule has 0 saturated carbocycles. The number of fused-ring (bicyclic) bond motifs is 1. The van der Waals surface area contributed by atoms with Gasteiger partial charge in [0.05, 0.1) is 0 Å². The fraction of sp³-hybridized carbons (Fsp3) is 0.250. The smallest absolute Gasteiger partial charge is 0.253 e. The van der Waals surface area contributed by atoms with Crippen LogP contribution in [0.4, 0.5) is 0 Å². The molecule has 0 amide bonds. The van der Waals surface area contributed by atoms with Gasteiger partial charge in [-0.2, -0.15) is 0 Å². The van der Waals surface area contributed by atoms with E-state index in [-0.39, 0.29) is 11.5 Å². The molecule has 0 fully saturated rings. The normalized spacial score (nSPS) is 11.3. The molecule has 0 bridgehead atoms. The Morgan fingerprint density at radius 1 is 1.29 bits per heavy atom. The van der Waals surface area contributed by atoms with E-state index >= 15 is 0 Å². The van der Waals surface area contributed by atoms with Crippen molar-refractivity contribution >= 4 is 28.4 Å². The zero-order valence-corrected chi connectivity index (χ0v) is 10.2. The molecule has 1 heterocycles. The van der Waals surface area contributed by atoms with Crippen molar-refractivity contribution in [2.45, 2.75) is 6.29 Å². The number of rotatable bonds is 4. The largest absolute Gasteiger partial charge is 0.453 e. The first-order chi connectivity index (χ1) is 8.15. The zero-order chi connectivity index (χ0) is 12.4. The van der Waals surface area contributed by atoms with Crippen LogP contribution >= 0.6 is 11.6 Å². The molecule has 0 aliphatic carbocycles. The first kappa shape index (κ1) is 12.1. The molecule has 0 aliphatic heterocycles. The number of Topliss-reactive ketones (excluding diaryl/α,β-unsaturated/α-hetero) is 1. The molecule has 0 atom stereocenters. The second-order valence-corrected chi connectivity index (χ2v) is 3.90. The Balaban J connectivity index is 2.39. The highest BCUT2D eigenvalue weighted by molar-refractivity contribution is 6.31. The summed E-state index contributed by atoms with van der Waals surface area (Å²) in [5.74, 6) is -0.168. The quantitative estimate of drug-likeness (QED) is 0.622. The highest BCUT2D eigenvalue weighted by Gasteiger charge is 2.22. The lowest BCUT2D eigenvalue weighted by atomic mass is 10.2. The van der Waals surface area contributed by atoms with E-state index in [4.69, 9.17) is 25.5 Å². The SMILES string of the molecule is COC(OC)C(=O)c1cc2cc(Cl)ccc2o1. The maximum atomic E-state index is 11.9. The van der Waals surface area contributed by atoms with E-state index in [0.29, 0.717) is 10.6 Å². The van der Waals surface area contributed by atoms with Gasteiger partial charge in [-0.05, 0) is 24.3 Å². The summed E-state index contributed by atoms with van der Waals surface area (Å²) in [6.07, 6.45) is -0.953. The molecule has 1 aromatic heterocycles. The molecular weight excluding hydrogens is 244 g/mol. The third-order valence-electron chi connectivity index (χ3n) is 2.36. The van der Waals surface area contributed by atoms with Gasteiger partial charge in [0.1, 0.15) is 5.58 Å². The number of carbonyl (C=O) groups is 1. The Bertz CT molecular complexity index is 542. The Hall–Kier alpha value is -1.36. The van der Waals surface area contributed by atoms with Crippen LogP contribution in [0.15, 0.2) is 28.7 Å².